The van der Waals surface area contributed by atoms with Crippen LogP contribution in [0.5, 0.6) is 0 Å². The van der Waals surface area contributed by atoms with E-state index in [1.807, 2.05) is 56.4 Å². The zero-order valence-electron chi connectivity index (χ0n) is 19.8. The normalized spacial score (nSPS) is 32.6. The predicted octanol–water partition coefficient (Wildman–Crippen LogP) is 1.20. The number of carbonyl (C=O) groups excluding carboxylic acids is 3. The number of hydrogen-bond acceptors (Lipinski definition) is 5. The summed E-state index contributed by atoms with van der Waals surface area (Å²) in [6.45, 7) is 4.86. The van der Waals surface area contributed by atoms with E-state index in [4.69, 9.17) is 4.74 Å². The van der Waals surface area contributed by atoms with Gasteiger partial charge in [0.25, 0.3) is 5.91 Å². The van der Waals surface area contributed by atoms with Gasteiger partial charge in [-0.15, -0.1) is 0 Å². The van der Waals surface area contributed by atoms with Crippen LogP contribution in [0.15, 0.2) is 42.5 Å². The average molecular weight is 466 g/mol. The molecule has 0 saturated carbocycles. The highest BCUT2D eigenvalue weighted by Gasteiger charge is 2.71. The summed E-state index contributed by atoms with van der Waals surface area (Å²) in [6, 6.07) is 4.98. The van der Waals surface area contributed by atoms with Crippen LogP contribution < -0.4 is 4.90 Å². The van der Waals surface area contributed by atoms with E-state index in [1.54, 1.807) is 16.8 Å². The minimum Gasteiger partial charge on any atom is -0.396 e. The largest absolute Gasteiger partial charge is 0.396 e. The minimum absolute atomic E-state index is 0.101. The predicted molar refractivity (Wildman–Crippen MR) is 126 cm³/mol. The maximum atomic E-state index is 14.2. The first kappa shape index (κ1) is 22.8. The summed E-state index contributed by atoms with van der Waals surface area (Å²) in [5.41, 5.74) is 1.54. The third-order valence-corrected chi connectivity index (χ3v) is 7.63. The molecule has 1 N–H and O–H groups in total. The molecule has 0 radical (unpaired) electrons. The molecule has 8 heteroatoms. The van der Waals surface area contributed by atoms with Gasteiger partial charge in [-0.3, -0.25) is 14.4 Å². The minimum atomic E-state index is -1.23. The summed E-state index contributed by atoms with van der Waals surface area (Å²) in [7, 11) is 1.72. The van der Waals surface area contributed by atoms with Crippen LogP contribution in [0.4, 0.5) is 5.69 Å². The van der Waals surface area contributed by atoms with E-state index >= 15 is 0 Å². The zero-order chi connectivity index (χ0) is 24.2. The zero-order valence-corrected chi connectivity index (χ0v) is 19.8. The number of ether oxygens (including phenoxy) is 1. The first-order chi connectivity index (χ1) is 16.3. The van der Waals surface area contributed by atoms with E-state index < -0.39 is 29.6 Å². The molecule has 2 saturated heterocycles. The third kappa shape index (κ3) is 3.15. The van der Waals surface area contributed by atoms with Crippen LogP contribution in [0.1, 0.15) is 17.5 Å². The summed E-state index contributed by atoms with van der Waals surface area (Å²) in [5, 5.41) is 9.49. The number of benzene rings is 1. The first-order valence-electron chi connectivity index (χ1n) is 11.9. The van der Waals surface area contributed by atoms with Gasteiger partial charge in [0, 0.05) is 39.0 Å². The van der Waals surface area contributed by atoms with Crippen molar-refractivity contribution in [1.82, 2.24) is 9.80 Å². The Kier molecular flexibility index (Phi) is 5.61. The number of hydrogen-bond donors (Lipinski definition) is 1. The summed E-state index contributed by atoms with van der Waals surface area (Å²) < 4.78 is 6.56. The van der Waals surface area contributed by atoms with Crippen molar-refractivity contribution < 1.29 is 24.2 Å². The number of aryl methyl sites for hydroxylation is 2. The molecule has 4 aliphatic heterocycles. The Morgan fingerprint density at radius 3 is 2.50 bits per heavy atom. The number of aliphatic hydroxyl groups is 1. The van der Waals surface area contributed by atoms with Crippen molar-refractivity contribution in [2.75, 3.05) is 38.2 Å². The Labute approximate surface area is 199 Å². The number of amides is 3. The number of carbonyl (C=O) groups is 3. The lowest BCUT2D eigenvalue weighted by molar-refractivity contribution is -0.143. The maximum absolute atomic E-state index is 14.2. The number of para-hydroxylation sites is 1. The van der Waals surface area contributed by atoms with Crippen molar-refractivity contribution in [3.05, 3.63) is 53.6 Å². The van der Waals surface area contributed by atoms with Crippen LogP contribution in [0.3, 0.4) is 0 Å². The number of anilines is 1. The van der Waals surface area contributed by atoms with Crippen molar-refractivity contribution >= 4 is 23.4 Å². The van der Waals surface area contributed by atoms with Gasteiger partial charge in [0.2, 0.25) is 11.8 Å². The van der Waals surface area contributed by atoms with Crippen molar-refractivity contribution in [3.8, 4) is 0 Å². The molecule has 5 atom stereocenters. The number of likely N-dealkylation sites (N-methyl/N-ethyl adjacent to an activating group) is 1. The smallest absolute Gasteiger partial charge is 0.253 e. The number of likely N-dealkylation sites (tertiary alicyclic amines) is 1. The SMILES string of the molecule is Cc1cccc(C)c1N1CC=C[C@]23O[C@@H]4C=CCN(C)C(=O)[C@@H]4[C@H]2C(=O)N(CCCO)C3C1=O. The van der Waals surface area contributed by atoms with Gasteiger partial charge in [-0.1, -0.05) is 42.5 Å². The van der Waals surface area contributed by atoms with E-state index in [0.717, 1.165) is 16.8 Å². The van der Waals surface area contributed by atoms with Crippen molar-refractivity contribution in [2.24, 2.45) is 11.8 Å². The average Bonchev–Trinajstić information content (AvgIpc) is 3.12. The van der Waals surface area contributed by atoms with Gasteiger partial charge >= 0.3 is 0 Å². The van der Waals surface area contributed by atoms with E-state index in [0.29, 0.717) is 19.5 Å². The topological polar surface area (TPSA) is 90.4 Å². The quantitative estimate of drug-likeness (QED) is 0.675. The molecule has 8 nitrogen and oxygen atoms in total. The molecule has 34 heavy (non-hydrogen) atoms. The highest BCUT2D eigenvalue weighted by atomic mass is 16.5. The Bertz CT molecular complexity index is 1080. The Morgan fingerprint density at radius 1 is 1.06 bits per heavy atom. The van der Waals surface area contributed by atoms with E-state index in [-0.39, 0.29) is 30.9 Å². The molecule has 1 unspecified atom stereocenters. The number of nitrogens with zero attached hydrogens (tertiary/aromatic N) is 3. The van der Waals surface area contributed by atoms with E-state index in [9.17, 15) is 19.5 Å². The lowest BCUT2D eigenvalue weighted by atomic mass is 9.77. The Morgan fingerprint density at radius 2 is 1.79 bits per heavy atom. The van der Waals surface area contributed by atoms with Gasteiger partial charge in [-0.25, -0.2) is 0 Å². The summed E-state index contributed by atoms with van der Waals surface area (Å²) >= 11 is 0. The van der Waals surface area contributed by atoms with Crippen LogP contribution in [0.2, 0.25) is 0 Å². The molecule has 1 spiro atoms. The molecule has 0 aromatic heterocycles. The van der Waals surface area contributed by atoms with Gasteiger partial charge < -0.3 is 24.5 Å². The van der Waals surface area contributed by atoms with Crippen molar-refractivity contribution in [2.45, 2.75) is 38.0 Å². The molecule has 3 amide bonds. The molecule has 0 bridgehead atoms. The highest BCUT2D eigenvalue weighted by Crippen LogP contribution is 2.53. The monoisotopic (exact) mass is 465 g/mol. The second-order valence-electron chi connectivity index (χ2n) is 9.69. The van der Waals surface area contributed by atoms with Crippen molar-refractivity contribution in [1.29, 1.82) is 0 Å². The van der Waals surface area contributed by atoms with Crippen LogP contribution >= 0.6 is 0 Å². The molecular weight excluding hydrogens is 434 g/mol. The number of fused-ring (bicyclic) bond motifs is 2. The fourth-order valence-electron chi connectivity index (χ4n) is 6.18. The van der Waals surface area contributed by atoms with Crippen LogP contribution in [0.25, 0.3) is 0 Å². The molecular formula is C26H31N3O5. The molecule has 0 aliphatic carbocycles. The fourth-order valence-corrected chi connectivity index (χ4v) is 6.18. The maximum Gasteiger partial charge on any atom is 0.253 e. The van der Waals surface area contributed by atoms with Gasteiger partial charge in [0.15, 0.2) is 0 Å². The summed E-state index contributed by atoms with van der Waals surface area (Å²) in [4.78, 5) is 46.3. The number of aliphatic hydroxyl groups excluding tert-OH is 1. The highest BCUT2D eigenvalue weighted by molar-refractivity contribution is 6.06. The van der Waals surface area contributed by atoms with Gasteiger partial charge in [-0.2, -0.15) is 0 Å². The van der Waals surface area contributed by atoms with Gasteiger partial charge in [-0.05, 0) is 31.4 Å². The van der Waals surface area contributed by atoms with Crippen LogP contribution in [-0.4, -0.2) is 83.7 Å². The standard InChI is InChI=1S/C26H31N3O5/c1-16-8-4-9-17(2)21(16)28-13-6-11-26-20(19-18(34-26)10-5-12-27(3)23(19)31)24(32)29(14-7-15-30)22(26)25(28)33/h4-6,8-11,18-20,22,30H,7,12-15H2,1-3H3/t18-,19+,20+,22?,26+/m1/s1. The molecule has 2 fully saturated rings. The lowest BCUT2D eigenvalue weighted by Crippen LogP contribution is -2.55. The fraction of sp³-hybridized carbons (Fsp3) is 0.500. The Hall–Kier alpha value is -2.97. The third-order valence-electron chi connectivity index (χ3n) is 7.63. The molecule has 1 aromatic rings. The first-order valence-corrected chi connectivity index (χ1v) is 11.9. The lowest BCUT2D eigenvalue weighted by Gasteiger charge is -2.36. The summed E-state index contributed by atoms with van der Waals surface area (Å²) in [6.07, 6.45) is 7.25. The Balaban J connectivity index is 1.64. The van der Waals surface area contributed by atoms with Crippen molar-refractivity contribution in [3.63, 3.8) is 0 Å². The van der Waals surface area contributed by atoms with Gasteiger partial charge in [0.1, 0.15) is 11.6 Å². The molecule has 4 heterocycles. The molecule has 180 valence electrons. The van der Waals surface area contributed by atoms with Crippen LogP contribution in [-0.2, 0) is 19.1 Å². The second-order valence-corrected chi connectivity index (χ2v) is 9.69. The summed E-state index contributed by atoms with van der Waals surface area (Å²) in [5.74, 6) is -2.12. The molecule has 1 aromatic carbocycles. The molecule has 4 aliphatic rings. The molecule has 5 rings (SSSR count). The number of rotatable bonds is 4. The second kappa shape index (κ2) is 8.36. The van der Waals surface area contributed by atoms with Gasteiger partial charge in [0.05, 0.1) is 17.9 Å². The van der Waals surface area contributed by atoms with E-state index in [2.05, 4.69) is 0 Å². The van der Waals surface area contributed by atoms with Crippen LogP contribution in [0, 0.1) is 25.7 Å². The van der Waals surface area contributed by atoms with E-state index in [1.165, 1.54) is 4.90 Å².